The van der Waals surface area contributed by atoms with Crippen molar-refractivity contribution in [1.82, 2.24) is 10.3 Å². The van der Waals surface area contributed by atoms with Crippen LogP contribution in [0.2, 0.25) is 0 Å². The van der Waals surface area contributed by atoms with Gasteiger partial charge in [0.15, 0.2) is 0 Å². The van der Waals surface area contributed by atoms with Crippen molar-refractivity contribution in [1.29, 1.82) is 0 Å². The smallest absolute Gasteiger partial charge is 0.0450 e. The highest BCUT2D eigenvalue weighted by Gasteiger charge is 2.23. The average molecular weight is 275 g/mol. The molecule has 0 aliphatic rings. The van der Waals surface area contributed by atoms with Crippen LogP contribution in [0.25, 0.3) is 0 Å². The van der Waals surface area contributed by atoms with Crippen molar-refractivity contribution in [2.45, 2.75) is 59.2 Å². The Hall–Kier alpha value is -1.35. The maximum Gasteiger partial charge on any atom is 0.0450 e. The summed E-state index contributed by atoms with van der Waals surface area (Å²) in [4.78, 5) is 6.64. The van der Waals surface area contributed by atoms with Crippen molar-refractivity contribution >= 4 is 5.69 Å². The Kier molecular flexibility index (Phi) is 5.35. The van der Waals surface area contributed by atoms with Gasteiger partial charge in [0.2, 0.25) is 0 Å². The molecule has 3 nitrogen and oxygen atoms in total. The number of nitrogens with zero attached hydrogens (tertiary/aromatic N) is 2. The van der Waals surface area contributed by atoms with Gasteiger partial charge in [0.05, 0.1) is 0 Å². The zero-order valence-corrected chi connectivity index (χ0v) is 13.8. The van der Waals surface area contributed by atoms with Crippen LogP contribution in [0, 0.1) is 0 Å². The van der Waals surface area contributed by atoms with E-state index in [1.165, 1.54) is 11.3 Å². The summed E-state index contributed by atoms with van der Waals surface area (Å²) >= 11 is 0. The van der Waals surface area contributed by atoms with E-state index in [9.17, 15) is 0 Å². The van der Waals surface area contributed by atoms with E-state index in [0.717, 1.165) is 13.1 Å². The van der Waals surface area contributed by atoms with Crippen molar-refractivity contribution < 1.29 is 0 Å². The molecule has 0 saturated heterocycles. The maximum absolute atomic E-state index is 4.28. The molecule has 0 radical (unpaired) electrons. The third kappa shape index (κ3) is 4.97. The summed E-state index contributed by atoms with van der Waals surface area (Å²) in [6.07, 6.45) is 5.76. The summed E-state index contributed by atoms with van der Waals surface area (Å²) in [7, 11) is 0. The number of nitrogens with one attached hydrogen (secondary N) is 1. The molecule has 0 bridgehead atoms. The first-order chi connectivity index (χ1) is 9.15. The molecule has 0 amide bonds. The Labute approximate surface area is 124 Å². The summed E-state index contributed by atoms with van der Waals surface area (Å²) in [5.74, 6) is 0. The van der Waals surface area contributed by atoms with Crippen LogP contribution < -0.4 is 10.2 Å². The predicted octanol–water partition coefficient (Wildman–Crippen LogP) is 3.76. The van der Waals surface area contributed by atoms with E-state index < -0.39 is 0 Å². The van der Waals surface area contributed by atoms with E-state index in [4.69, 9.17) is 0 Å². The molecule has 1 rings (SSSR count). The van der Waals surface area contributed by atoms with Crippen molar-refractivity contribution in [3.05, 3.63) is 36.7 Å². The minimum atomic E-state index is 0.0476. The summed E-state index contributed by atoms with van der Waals surface area (Å²) in [6, 6.07) is 2.09. The SMILES string of the molecule is C=CCN(c1ccncc1CNC(C)(C)C)C(C)(C)C. The highest BCUT2D eigenvalue weighted by atomic mass is 15.2. The van der Waals surface area contributed by atoms with Gasteiger partial charge in [-0.1, -0.05) is 6.08 Å². The highest BCUT2D eigenvalue weighted by molar-refractivity contribution is 5.54. The van der Waals surface area contributed by atoms with Crippen LogP contribution in [0.3, 0.4) is 0 Å². The number of pyridine rings is 1. The molecule has 0 aliphatic heterocycles. The van der Waals surface area contributed by atoms with Gasteiger partial charge in [-0.2, -0.15) is 0 Å². The Balaban J connectivity index is 3.06. The fourth-order valence-electron chi connectivity index (χ4n) is 2.04. The van der Waals surface area contributed by atoms with E-state index in [2.05, 4.69) is 69.4 Å². The van der Waals surface area contributed by atoms with Crippen LogP contribution in [-0.4, -0.2) is 22.6 Å². The summed E-state index contributed by atoms with van der Waals surface area (Å²) in [5, 5.41) is 3.53. The molecule has 1 aromatic rings. The molecule has 0 aliphatic carbocycles. The molecule has 112 valence electrons. The minimum Gasteiger partial charge on any atom is -0.363 e. The second-order valence-electron chi connectivity index (χ2n) is 7.18. The Bertz CT molecular complexity index is 438. The molecule has 0 aromatic carbocycles. The molecule has 0 atom stereocenters. The molecule has 3 heteroatoms. The number of aromatic nitrogens is 1. The molecule has 1 N–H and O–H groups in total. The van der Waals surface area contributed by atoms with E-state index >= 15 is 0 Å². The highest BCUT2D eigenvalue weighted by Crippen LogP contribution is 2.27. The van der Waals surface area contributed by atoms with Crippen molar-refractivity contribution in [3.63, 3.8) is 0 Å². The van der Waals surface area contributed by atoms with Crippen LogP contribution in [-0.2, 0) is 6.54 Å². The van der Waals surface area contributed by atoms with Gasteiger partial charge in [-0.3, -0.25) is 4.98 Å². The largest absolute Gasteiger partial charge is 0.363 e. The van der Waals surface area contributed by atoms with Crippen molar-refractivity contribution in [3.8, 4) is 0 Å². The first-order valence-electron chi connectivity index (χ1n) is 7.21. The Morgan fingerprint density at radius 1 is 1.25 bits per heavy atom. The number of rotatable bonds is 5. The minimum absolute atomic E-state index is 0.0476. The van der Waals surface area contributed by atoms with Gasteiger partial charge >= 0.3 is 0 Å². The van der Waals surface area contributed by atoms with Gasteiger partial charge in [-0.25, -0.2) is 0 Å². The van der Waals surface area contributed by atoms with Gasteiger partial charge < -0.3 is 10.2 Å². The summed E-state index contributed by atoms with van der Waals surface area (Å²) in [5.41, 5.74) is 2.59. The Morgan fingerprint density at radius 3 is 2.40 bits per heavy atom. The summed E-state index contributed by atoms with van der Waals surface area (Å²) < 4.78 is 0. The average Bonchev–Trinajstić information content (AvgIpc) is 2.32. The second kappa shape index (κ2) is 6.40. The van der Waals surface area contributed by atoms with Crippen LogP contribution >= 0.6 is 0 Å². The van der Waals surface area contributed by atoms with E-state index in [1.54, 1.807) is 0 Å². The predicted molar refractivity (Wildman–Crippen MR) is 88.1 cm³/mol. The molecular formula is C17H29N3. The molecule has 0 fully saturated rings. The van der Waals surface area contributed by atoms with Gasteiger partial charge in [0, 0.05) is 47.8 Å². The maximum atomic E-state index is 4.28. The van der Waals surface area contributed by atoms with E-state index in [0.29, 0.717) is 0 Å². The standard InChI is InChI=1S/C17H29N3/c1-8-11-20(17(5,6)7)15-9-10-18-12-14(15)13-19-16(2,3)4/h8-10,12,19H,1,11,13H2,2-7H3. The lowest BCUT2D eigenvalue weighted by Crippen LogP contribution is -2.43. The molecular weight excluding hydrogens is 246 g/mol. The molecule has 0 spiro atoms. The first-order valence-corrected chi connectivity index (χ1v) is 7.21. The number of hydrogen-bond acceptors (Lipinski definition) is 3. The van der Waals surface area contributed by atoms with Gasteiger partial charge in [-0.15, -0.1) is 6.58 Å². The lowest BCUT2D eigenvalue weighted by molar-refractivity contribution is 0.423. The van der Waals surface area contributed by atoms with Crippen LogP contribution in [0.1, 0.15) is 47.1 Å². The quantitative estimate of drug-likeness (QED) is 0.829. The first kappa shape index (κ1) is 16.7. The lowest BCUT2D eigenvalue weighted by Gasteiger charge is -2.38. The molecule has 1 aromatic heterocycles. The monoisotopic (exact) mass is 275 g/mol. The van der Waals surface area contributed by atoms with Gasteiger partial charge in [-0.05, 0) is 47.6 Å². The van der Waals surface area contributed by atoms with Gasteiger partial charge in [0.1, 0.15) is 0 Å². The van der Waals surface area contributed by atoms with E-state index in [1.807, 2.05) is 18.5 Å². The fourth-order valence-corrected chi connectivity index (χ4v) is 2.04. The second-order valence-corrected chi connectivity index (χ2v) is 7.18. The van der Waals surface area contributed by atoms with Crippen LogP contribution in [0.5, 0.6) is 0 Å². The number of hydrogen-bond donors (Lipinski definition) is 1. The van der Waals surface area contributed by atoms with E-state index in [-0.39, 0.29) is 11.1 Å². The molecule has 1 heterocycles. The van der Waals surface area contributed by atoms with Crippen molar-refractivity contribution in [2.75, 3.05) is 11.4 Å². The zero-order chi connectivity index (χ0) is 15.4. The number of anilines is 1. The van der Waals surface area contributed by atoms with Crippen molar-refractivity contribution in [2.24, 2.45) is 0 Å². The third-order valence-electron chi connectivity index (χ3n) is 3.10. The fraction of sp³-hybridized carbons (Fsp3) is 0.588. The normalized spacial score (nSPS) is 12.3. The molecule has 0 saturated carbocycles. The Morgan fingerprint density at radius 2 is 1.90 bits per heavy atom. The van der Waals surface area contributed by atoms with Gasteiger partial charge in [0.25, 0.3) is 0 Å². The zero-order valence-electron chi connectivity index (χ0n) is 13.8. The topological polar surface area (TPSA) is 28.2 Å². The van der Waals surface area contributed by atoms with Crippen LogP contribution in [0.15, 0.2) is 31.1 Å². The molecule has 0 unspecified atom stereocenters. The third-order valence-corrected chi connectivity index (χ3v) is 3.10. The molecule has 20 heavy (non-hydrogen) atoms. The lowest BCUT2D eigenvalue weighted by atomic mass is 10.0. The van der Waals surface area contributed by atoms with Crippen LogP contribution in [0.4, 0.5) is 5.69 Å². The summed E-state index contributed by atoms with van der Waals surface area (Å²) in [6.45, 7) is 18.7.